The van der Waals surface area contributed by atoms with Crippen molar-refractivity contribution >= 4 is 17.7 Å². The van der Waals surface area contributed by atoms with Crippen LogP contribution in [0.25, 0.3) is 0 Å². The predicted octanol–water partition coefficient (Wildman–Crippen LogP) is 5.00. The summed E-state index contributed by atoms with van der Waals surface area (Å²) in [6.45, 7) is 9.62. The first-order valence-electron chi connectivity index (χ1n) is 7.79. The molecule has 20 heavy (non-hydrogen) atoms. The SMILES string of the molecule is CC(C)CC(SCCCCCC(C)F)C(=O)OC(C)C. The summed E-state index contributed by atoms with van der Waals surface area (Å²) in [6, 6.07) is 0. The van der Waals surface area contributed by atoms with E-state index in [1.165, 1.54) is 0 Å². The molecule has 0 saturated carbocycles. The van der Waals surface area contributed by atoms with Gasteiger partial charge in [-0.1, -0.05) is 26.7 Å². The highest BCUT2D eigenvalue weighted by molar-refractivity contribution is 8.00. The van der Waals surface area contributed by atoms with Gasteiger partial charge in [0.1, 0.15) is 5.25 Å². The number of halogens is 1. The largest absolute Gasteiger partial charge is 0.462 e. The van der Waals surface area contributed by atoms with Crippen molar-refractivity contribution in [1.82, 2.24) is 0 Å². The average molecular weight is 306 g/mol. The Bertz CT molecular complexity index is 255. The third kappa shape index (κ3) is 11.6. The van der Waals surface area contributed by atoms with Gasteiger partial charge in [-0.05, 0) is 51.7 Å². The zero-order chi connectivity index (χ0) is 15.5. The van der Waals surface area contributed by atoms with Crippen LogP contribution < -0.4 is 0 Å². The normalized spacial score (nSPS) is 14.6. The van der Waals surface area contributed by atoms with Crippen LogP contribution in [-0.2, 0) is 9.53 Å². The molecule has 0 aliphatic heterocycles. The van der Waals surface area contributed by atoms with Gasteiger partial charge in [0.05, 0.1) is 12.3 Å². The lowest BCUT2D eigenvalue weighted by atomic mass is 10.1. The van der Waals surface area contributed by atoms with Crippen LogP contribution >= 0.6 is 11.8 Å². The number of carbonyl (C=O) groups excluding carboxylic acids is 1. The van der Waals surface area contributed by atoms with Crippen LogP contribution in [-0.4, -0.2) is 29.2 Å². The van der Waals surface area contributed by atoms with Gasteiger partial charge in [0.25, 0.3) is 0 Å². The minimum absolute atomic E-state index is 0.0520. The van der Waals surface area contributed by atoms with E-state index in [1.807, 2.05) is 13.8 Å². The Kier molecular flexibility index (Phi) is 11.3. The molecule has 0 rings (SSSR count). The van der Waals surface area contributed by atoms with Gasteiger partial charge in [0.15, 0.2) is 0 Å². The molecule has 0 aromatic carbocycles. The number of alkyl halides is 1. The molecule has 120 valence electrons. The maximum Gasteiger partial charge on any atom is 0.319 e. The minimum atomic E-state index is -0.697. The van der Waals surface area contributed by atoms with Crippen LogP contribution in [0.15, 0.2) is 0 Å². The standard InChI is InChI=1S/C16H31FO2S/c1-12(2)11-15(16(18)19-13(3)4)20-10-8-6-7-9-14(5)17/h12-15H,6-11H2,1-5H3. The van der Waals surface area contributed by atoms with E-state index < -0.39 is 6.17 Å². The van der Waals surface area contributed by atoms with Crippen LogP contribution in [0.4, 0.5) is 4.39 Å². The first-order valence-corrected chi connectivity index (χ1v) is 8.84. The van der Waals surface area contributed by atoms with Gasteiger partial charge >= 0.3 is 5.97 Å². The number of hydrogen-bond donors (Lipinski definition) is 0. The summed E-state index contributed by atoms with van der Waals surface area (Å²) < 4.78 is 18.0. The minimum Gasteiger partial charge on any atom is -0.462 e. The molecule has 4 heteroatoms. The summed E-state index contributed by atoms with van der Waals surface area (Å²) in [6.07, 6.45) is 3.77. The Balaban J connectivity index is 3.95. The van der Waals surface area contributed by atoms with Crippen LogP contribution in [0.1, 0.15) is 66.7 Å². The van der Waals surface area contributed by atoms with E-state index in [-0.39, 0.29) is 17.3 Å². The van der Waals surface area contributed by atoms with E-state index in [4.69, 9.17) is 4.74 Å². The maximum absolute atomic E-state index is 12.6. The number of ether oxygens (including phenoxy) is 1. The summed E-state index contributed by atoms with van der Waals surface area (Å²) >= 11 is 1.69. The van der Waals surface area contributed by atoms with Gasteiger partial charge in [-0.25, -0.2) is 4.39 Å². The third-order valence-electron chi connectivity index (χ3n) is 2.87. The van der Waals surface area contributed by atoms with Crippen molar-refractivity contribution in [3.8, 4) is 0 Å². The van der Waals surface area contributed by atoms with Crippen LogP contribution in [0, 0.1) is 5.92 Å². The van der Waals surface area contributed by atoms with Crippen molar-refractivity contribution in [2.75, 3.05) is 5.75 Å². The van der Waals surface area contributed by atoms with Crippen LogP contribution in [0.3, 0.4) is 0 Å². The molecule has 0 saturated heterocycles. The van der Waals surface area contributed by atoms with E-state index in [9.17, 15) is 9.18 Å². The van der Waals surface area contributed by atoms with Gasteiger partial charge in [-0.3, -0.25) is 4.79 Å². The lowest BCUT2D eigenvalue weighted by molar-refractivity contribution is -0.147. The Morgan fingerprint density at radius 2 is 1.75 bits per heavy atom. The monoisotopic (exact) mass is 306 g/mol. The highest BCUT2D eigenvalue weighted by atomic mass is 32.2. The van der Waals surface area contributed by atoms with Gasteiger partial charge in [0.2, 0.25) is 0 Å². The number of hydrogen-bond acceptors (Lipinski definition) is 3. The molecule has 0 bridgehead atoms. The first-order chi connectivity index (χ1) is 9.32. The molecule has 0 aliphatic rings. The number of thioether (sulfide) groups is 1. The molecule has 2 nitrogen and oxygen atoms in total. The van der Waals surface area contributed by atoms with Crippen molar-refractivity contribution in [2.45, 2.75) is 84.2 Å². The molecule has 0 spiro atoms. The van der Waals surface area contributed by atoms with Crippen molar-refractivity contribution in [3.05, 3.63) is 0 Å². The fourth-order valence-corrected chi connectivity index (χ4v) is 3.27. The van der Waals surface area contributed by atoms with E-state index in [0.29, 0.717) is 12.3 Å². The number of esters is 1. The molecule has 0 amide bonds. The molecule has 0 heterocycles. The molecule has 0 aliphatic carbocycles. The summed E-state index contributed by atoms with van der Waals surface area (Å²) in [4.78, 5) is 12.0. The quantitative estimate of drug-likeness (QED) is 0.397. The van der Waals surface area contributed by atoms with Crippen LogP contribution in [0.2, 0.25) is 0 Å². The van der Waals surface area contributed by atoms with Gasteiger partial charge in [-0.15, -0.1) is 11.8 Å². The van der Waals surface area contributed by atoms with Crippen molar-refractivity contribution in [3.63, 3.8) is 0 Å². The predicted molar refractivity (Wildman–Crippen MR) is 86.0 cm³/mol. The second-order valence-corrected chi connectivity index (χ2v) is 7.42. The fraction of sp³-hybridized carbons (Fsp3) is 0.938. The smallest absolute Gasteiger partial charge is 0.319 e. The third-order valence-corrected chi connectivity index (χ3v) is 4.18. The second kappa shape index (κ2) is 11.4. The van der Waals surface area contributed by atoms with Gasteiger partial charge in [-0.2, -0.15) is 0 Å². The van der Waals surface area contributed by atoms with Crippen molar-refractivity contribution in [1.29, 1.82) is 0 Å². The van der Waals surface area contributed by atoms with E-state index in [2.05, 4.69) is 13.8 Å². The first kappa shape index (κ1) is 19.8. The van der Waals surface area contributed by atoms with Crippen LogP contribution in [0.5, 0.6) is 0 Å². The lowest BCUT2D eigenvalue weighted by Gasteiger charge is -2.19. The highest BCUT2D eigenvalue weighted by Crippen LogP contribution is 2.23. The topological polar surface area (TPSA) is 26.3 Å². The molecular formula is C16H31FO2S. The molecule has 2 atom stereocenters. The zero-order valence-electron chi connectivity index (χ0n) is 13.7. The highest BCUT2D eigenvalue weighted by Gasteiger charge is 2.22. The maximum atomic E-state index is 12.6. The zero-order valence-corrected chi connectivity index (χ0v) is 14.5. The molecule has 0 N–H and O–H groups in total. The molecule has 0 fully saturated rings. The summed E-state index contributed by atoms with van der Waals surface area (Å²) in [5.41, 5.74) is 0. The van der Waals surface area contributed by atoms with Crippen molar-refractivity contribution < 1.29 is 13.9 Å². The number of rotatable bonds is 11. The van der Waals surface area contributed by atoms with Gasteiger partial charge < -0.3 is 4.74 Å². The lowest BCUT2D eigenvalue weighted by Crippen LogP contribution is -2.25. The Morgan fingerprint density at radius 3 is 2.25 bits per heavy atom. The number of carbonyl (C=O) groups is 1. The van der Waals surface area contributed by atoms with Crippen molar-refractivity contribution in [2.24, 2.45) is 5.92 Å². The van der Waals surface area contributed by atoms with E-state index in [0.717, 1.165) is 31.4 Å². The Hall–Kier alpha value is -0.250. The summed E-state index contributed by atoms with van der Waals surface area (Å²) in [7, 11) is 0. The van der Waals surface area contributed by atoms with Gasteiger partial charge in [0, 0.05) is 0 Å². The number of unbranched alkanes of at least 4 members (excludes halogenated alkanes) is 2. The molecule has 2 unspecified atom stereocenters. The summed E-state index contributed by atoms with van der Waals surface area (Å²) in [5.74, 6) is 1.35. The summed E-state index contributed by atoms with van der Waals surface area (Å²) in [5, 5.41) is -0.0579. The molecule has 0 aromatic rings. The molecular weight excluding hydrogens is 275 g/mol. The fourth-order valence-electron chi connectivity index (χ4n) is 1.90. The molecule has 0 aromatic heterocycles. The average Bonchev–Trinajstić information content (AvgIpc) is 2.30. The molecule has 0 radical (unpaired) electrons. The van der Waals surface area contributed by atoms with E-state index >= 15 is 0 Å². The van der Waals surface area contributed by atoms with E-state index in [1.54, 1.807) is 18.7 Å². The second-order valence-electron chi connectivity index (χ2n) is 6.10. The Labute approximate surface area is 128 Å². The Morgan fingerprint density at radius 1 is 1.10 bits per heavy atom.